The molecule has 1 aromatic rings. The molecule has 1 heteroatoms. The van der Waals surface area contributed by atoms with Crippen LogP contribution < -0.4 is 0 Å². The molecular weight excluding hydrogens is 148 g/mol. The number of aryl methyl sites for hydroxylation is 1. The molecule has 0 saturated heterocycles. The largest absolute Gasteiger partial charge is 0.396 e. The fraction of sp³-hybridized carbons (Fsp3) is 0.273. The quantitative estimate of drug-likeness (QED) is 0.723. The number of aliphatic hydroxyl groups is 1. The maximum Gasteiger partial charge on any atom is 0.0465 e. The number of rotatable bonds is 3. The Morgan fingerprint density at radius 3 is 2.75 bits per heavy atom. The molecule has 0 saturated carbocycles. The van der Waals surface area contributed by atoms with Crippen LogP contribution in [-0.4, -0.2) is 11.7 Å². The van der Waals surface area contributed by atoms with E-state index in [1.807, 2.05) is 24.3 Å². The van der Waals surface area contributed by atoms with Crippen LogP contribution in [0.25, 0.3) is 6.08 Å². The first-order valence-corrected chi connectivity index (χ1v) is 4.17. The number of hydrogen-bond donors (Lipinski definition) is 1. The average Bonchev–Trinajstić information content (AvgIpc) is 2.09. The molecule has 0 unspecified atom stereocenters. The normalized spacial score (nSPS) is 10.8. The molecule has 0 bridgehead atoms. The van der Waals surface area contributed by atoms with Crippen LogP contribution in [0.2, 0.25) is 0 Å². The molecule has 1 aromatic carbocycles. The van der Waals surface area contributed by atoms with Gasteiger partial charge in [0.2, 0.25) is 0 Å². The standard InChI is InChI=1S/C11H14O/c1-10-6-2-3-7-11(10)8-4-5-9-12/h2-4,6-8,12H,5,9H2,1H3. The van der Waals surface area contributed by atoms with Crippen LogP contribution >= 0.6 is 0 Å². The third-order valence-corrected chi connectivity index (χ3v) is 1.78. The topological polar surface area (TPSA) is 20.2 Å². The van der Waals surface area contributed by atoms with E-state index in [4.69, 9.17) is 5.11 Å². The van der Waals surface area contributed by atoms with Crippen LogP contribution in [0.5, 0.6) is 0 Å². The molecule has 0 fully saturated rings. The van der Waals surface area contributed by atoms with Gasteiger partial charge in [0.15, 0.2) is 0 Å². The van der Waals surface area contributed by atoms with Crippen molar-refractivity contribution in [2.75, 3.05) is 6.61 Å². The summed E-state index contributed by atoms with van der Waals surface area (Å²) >= 11 is 0. The summed E-state index contributed by atoms with van der Waals surface area (Å²) in [5.74, 6) is 0. The fourth-order valence-electron chi connectivity index (χ4n) is 1.06. The van der Waals surface area contributed by atoms with Crippen molar-refractivity contribution < 1.29 is 5.11 Å². The van der Waals surface area contributed by atoms with Crippen molar-refractivity contribution in [2.45, 2.75) is 13.3 Å². The lowest BCUT2D eigenvalue weighted by Gasteiger charge is -1.97. The fourth-order valence-corrected chi connectivity index (χ4v) is 1.06. The molecule has 0 aliphatic rings. The van der Waals surface area contributed by atoms with Crippen molar-refractivity contribution >= 4 is 6.08 Å². The van der Waals surface area contributed by atoms with Gasteiger partial charge in [-0.2, -0.15) is 0 Å². The Hall–Kier alpha value is -1.08. The van der Waals surface area contributed by atoms with Gasteiger partial charge in [0.1, 0.15) is 0 Å². The van der Waals surface area contributed by atoms with Crippen LogP contribution in [0.15, 0.2) is 30.3 Å². The first kappa shape index (κ1) is 9.01. The Balaban J connectivity index is 2.68. The Kier molecular flexibility index (Phi) is 3.55. The highest BCUT2D eigenvalue weighted by molar-refractivity contribution is 5.53. The maximum atomic E-state index is 8.56. The summed E-state index contributed by atoms with van der Waals surface area (Å²) in [7, 11) is 0. The Bertz CT molecular complexity index is 263. The van der Waals surface area contributed by atoms with Crippen LogP contribution in [0.1, 0.15) is 17.5 Å². The average molecular weight is 162 g/mol. The summed E-state index contributed by atoms with van der Waals surface area (Å²) < 4.78 is 0. The Morgan fingerprint density at radius 2 is 2.08 bits per heavy atom. The van der Waals surface area contributed by atoms with E-state index in [9.17, 15) is 0 Å². The van der Waals surface area contributed by atoms with E-state index in [-0.39, 0.29) is 6.61 Å². The number of hydrogen-bond acceptors (Lipinski definition) is 1. The molecule has 0 aliphatic heterocycles. The second kappa shape index (κ2) is 4.73. The zero-order chi connectivity index (χ0) is 8.81. The zero-order valence-electron chi connectivity index (χ0n) is 7.33. The molecule has 1 N–H and O–H groups in total. The molecular formula is C11H14O. The van der Waals surface area contributed by atoms with Crippen molar-refractivity contribution in [3.8, 4) is 0 Å². The smallest absolute Gasteiger partial charge is 0.0465 e. The van der Waals surface area contributed by atoms with Crippen LogP contribution in [0, 0.1) is 6.92 Å². The van der Waals surface area contributed by atoms with Gasteiger partial charge < -0.3 is 5.11 Å². The first-order chi connectivity index (χ1) is 5.84. The van der Waals surface area contributed by atoms with Crippen LogP contribution in [0.3, 0.4) is 0 Å². The molecule has 1 rings (SSSR count). The summed E-state index contributed by atoms with van der Waals surface area (Å²) in [6.07, 6.45) is 4.77. The molecule has 1 nitrogen and oxygen atoms in total. The van der Waals surface area contributed by atoms with Gasteiger partial charge in [-0.15, -0.1) is 0 Å². The van der Waals surface area contributed by atoms with Gasteiger partial charge in [0.05, 0.1) is 0 Å². The van der Waals surface area contributed by atoms with Gasteiger partial charge in [-0.3, -0.25) is 0 Å². The number of benzene rings is 1. The third kappa shape index (κ3) is 2.51. The van der Waals surface area contributed by atoms with E-state index in [0.29, 0.717) is 0 Å². The SMILES string of the molecule is Cc1ccccc1C=CCCO. The van der Waals surface area contributed by atoms with Crippen molar-refractivity contribution in [3.05, 3.63) is 41.5 Å². The minimum Gasteiger partial charge on any atom is -0.396 e. The lowest BCUT2D eigenvalue weighted by molar-refractivity contribution is 0.303. The lowest BCUT2D eigenvalue weighted by atomic mass is 10.1. The summed E-state index contributed by atoms with van der Waals surface area (Å²) in [6.45, 7) is 2.31. The molecule has 0 radical (unpaired) electrons. The van der Waals surface area contributed by atoms with E-state index in [2.05, 4.69) is 19.1 Å². The summed E-state index contributed by atoms with van der Waals surface area (Å²) in [6, 6.07) is 8.20. The molecule has 12 heavy (non-hydrogen) atoms. The predicted octanol–water partition coefficient (Wildman–Crippen LogP) is 2.39. The van der Waals surface area contributed by atoms with Crippen LogP contribution in [0.4, 0.5) is 0 Å². The van der Waals surface area contributed by atoms with E-state index in [1.165, 1.54) is 11.1 Å². The third-order valence-electron chi connectivity index (χ3n) is 1.78. The van der Waals surface area contributed by atoms with E-state index < -0.39 is 0 Å². The molecule has 0 aromatic heterocycles. The Morgan fingerprint density at radius 1 is 1.33 bits per heavy atom. The molecule has 0 aliphatic carbocycles. The highest BCUT2D eigenvalue weighted by Crippen LogP contribution is 2.08. The second-order valence-corrected chi connectivity index (χ2v) is 2.77. The van der Waals surface area contributed by atoms with Gasteiger partial charge in [-0.25, -0.2) is 0 Å². The minimum absolute atomic E-state index is 0.225. The van der Waals surface area contributed by atoms with Gasteiger partial charge in [-0.05, 0) is 24.5 Å². The Labute approximate surface area is 73.4 Å². The summed E-state index contributed by atoms with van der Waals surface area (Å²) in [5.41, 5.74) is 2.50. The monoisotopic (exact) mass is 162 g/mol. The second-order valence-electron chi connectivity index (χ2n) is 2.77. The van der Waals surface area contributed by atoms with Gasteiger partial charge in [0, 0.05) is 6.61 Å². The van der Waals surface area contributed by atoms with Gasteiger partial charge >= 0.3 is 0 Å². The van der Waals surface area contributed by atoms with Crippen molar-refractivity contribution in [2.24, 2.45) is 0 Å². The van der Waals surface area contributed by atoms with E-state index in [1.54, 1.807) is 0 Å². The van der Waals surface area contributed by atoms with Crippen molar-refractivity contribution in [1.82, 2.24) is 0 Å². The molecule has 64 valence electrons. The van der Waals surface area contributed by atoms with Crippen LogP contribution in [-0.2, 0) is 0 Å². The highest BCUT2D eigenvalue weighted by Gasteiger charge is 1.89. The predicted molar refractivity (Wildman–Crippen MR) is 51.9 cm³/mol. The van der Waals surface area contributed by atoms with Gasteiger partial charge in [0.25, 0.3) is 0 Å². The van der Waals surface area contributed by atoms with E-state index >= 15 is 0 Å². The van der Waals surface area contributed by atoms with Gasteiger partial charge in [-0.1, -0.05) is 36.4 Å². The molecule has 0 amide bonds. The lowest BCUT2D eigenvalue weighted by Crippen LogP contribution is -1.79. The summed E-state index contributed by atoms with van der Waals surface area (Å²) in [4.78, 5) is 0. The minimum atomic E-state index is 0.225. The summed E-state index contributed by atoms with van der Waals surface area (Å²) in [5, 5.41) is 8.56. The highest BCUT2D eigenvalue weighted by atomic mass is 16.2. The van der Waals surface area contributed by atoms with Crippen molar-refractivity contribution in [3.63, 3.8) is 0 Å². The van der Waals surface area contributed by atoms with Crippen molar-refractivity contribution in [1.29, 1.82) is 0 Å². The number of aliphatic hydroxyl groups excluding tert-OH is 1. The van der Waals surface area contributed by atoms with E-state index in [0.717, 1.165) is 6.42 Å². The zero-order valence-corrected chi connectivity index (χ0v) is 7.33. The maximum absolute atomic E-state index is 8.56. The molecule has 0 atom stereocenters. The first-order valence-electron chi connectivity index (χ1n) is 4.17. The molecule has 0 heterocycles. The molecule has 0 spiro atoms.